The number of hydrogen-bond donors (Lipinski definition) is 1. The molecule has 0 spiro atoms. The molecule has 0 saturated heterocycles. The summed E-state index contributed by atoms with van der Waals surface area (Å²) in [6.45, 7) is 0. The number of hydrazine groups is 1. The zero-order valence-electron chi connectivity index (χ0n) is 9.54. The molecule has 0 aliphatic carbocycles. The highest BCUT2D eigenvalue weighted by molar-refractivity contribution is 5.85. The molecule has 0 bridgehead atoms. The quantitative estimate of drug-likeness (QED) is 0.672. The van der Waals surface area contributed by atoms with Crippen LogP contribution in [0.25, 0.3) is 0 Å². The van der Waals surface area contributed by atoms with Crippen LogP contribution >= 0.6 is 12.4 Å². The molecular weight excluding hydrogens is 236 g/mol. The van der Waals surface area contributed by atoms with Crippen molar-refractivity contribution < 1.29 is 4.74 Å². The number of para-hydroxylation sites is 1. The van der Waals surface area contributed by atoms with Crippen molar-refractivity contribution in [2.75, 3.05) is 12.1 Å². The summed E-state index contributed by atoms with van der Waals surface area (Å²) in [7, 11) is 1.65. The van der Waals surface area contributed by atoms with Crippen molar-refractivity contribution in [2.24, 2.45) is 5.84 Å². The van der Waals surface area contributed by atoms with E-state index < -0.39 is 0 Å². The monoisotopic (exact) mass is 250 g/mol. The van der Waals surface area contributed by atoms with Crippen LogP contribution in [-0.4, -0.2) is 7.11 Å². The number of benzene rings is 2. The van der Waals surface area contributed by atoms with E-state index in [1.165, 1.54) is 0 Å². The Hall–Kier alpha value is -1.71. The maximum absolute atomic E-state index is 6.00. The van der Waals surface area contributed by atoms with Gasteiger partial charge in [-0.3, -0.25) is 5.01 Å². The van der Waals surface area contributed by atoms with Gasteiger partial charge < -0.3 is 4.74 Å². The average Bonchev–Trinajstić information content (AvgIpc) is 2.39. The van der Waals surface area contributed by atoms with Gasteiger partial charge in [-0.25, -0.2) is 5.84 Å². The first-order valence-electron chi connectivity index (χ1n) is 5.05. The molecule has 0 atom stereocenters. The molecule has 0 aromatic heterocycles. The molecule has 0 amide bonds. The van der Waals surface area contributed by atoms with Gasteiger partial charge in [0.05, 0.1) is 18.5 Å². The average molecular weight is 251 g/mol. The van der Waals surface area contributed by atoms with Crippen LogP contribution in [0.3, 0.4) is 0 Å². The second kappa shape index (κ2) is 6.13. The number of anilines is 2. The number of nitrogens with two attached hydrogens (primary N) is 1. The smallest absolute Gasteiger partial charge is 0.119 e. The van der Waals surface area contributed by atoms with Crippen molar-refractivity contribution in [3.63, 3.8) is 0 Å². The van der Waals surface area contributed by atoms with Gasteiger partial charge in [0, 0.05) is 0 Å². The molecule has 0 radical (unpaired) electrons. The summed E-state index contributed by atoms with van der Waals surface area (Å²) in [5, 5.41) is 1.64. The first-order valence-corrected chi connectivity index (χ1v) is 5.05. The molecule has 17 heavy (non-hydrogen) atoms. The van der Waals surface area contributed by atoms with E-state index in [1.54, 1.807) is 12.1 Å². The van der Waals surface area contributed by atoms with Gasteiger partial charge in [0.25, 0.3) is 0 Å². The van der Waals surface area contributed by atoms with E-state index in [0.29, 0.717) is 0 Å². The summed E-state index contributed by atoms with van der Waals surface area (Å²) < 4.78 is 5.10. The second-order valence-electron chi connectivity index (χ2n) is 3.40. The lowest BCUT2D eigenvalue weighted by atomic mass is 10.2. The van der Waals surface area contributed by atoms with Crippen LogP contribution in [0.2, 0.25) is 0 Å². The lowest BCUT2D eigenvalue weighted by Gasteiger charge is -2.18. The van der Waals surface area contributed by atoms with Crippen molar-refractivity contribution in [2.45, 2.75) is 0 Å². The lowest BCUT2D eigenvalue weighted by Crippen LogP contribution is -2.24. The summed E-state index contributed by atoms with van der Waals surface area (Å²) in [5.74, 6) is 6.82. The van der Waals surface area contributed by atoms with E-state index in [0.717, 1.165) is 17.1 Å². The van der Waals surface area contributed by atoms with Gasteiger partial charge in [-0.15, -0.1) is 12.4 Å². The number of halogens is 1. The molecule has 0 aliphatic rings. The Balaban J connectivity index is 0.00000144. The van der Waals surface area contributed by atoms with Gasteiger partial charge >= 0.3 is 0 Å². The summed E-state index contributed by atoms with van der Waals surface area (Å²) in [6, 6.07) is 17.4. The van der Waals surface area contributed by atoms with Crippen LogP contribution in [0.15, 0.2) is 54.6 Å². The predicted octanol–water partition coefficient (Wildman–Crippen LogP) is 3.13. The Kier molecular flexibility index (Phi) is 4.82. The van der Waals surface area contributed by atoms with Gasteiger partial charge in [0.15, 0.2) is 0 Å². The van der Waals surface area contributed by atoms with Crippen LogP contribution in [0.1, 0.15) is 0 Å². The lowest BCUT2D eigenvalue weighted by molar-refractivity contribution is 0.415. The minimum atomic E-state index is 0. The zero-order chi connectivity index (χ0) is 11.4. The van der Waals surface area contributed by atoms with Crippen LogP contribution in [-0.2, 0) is 0 Å². The fourth-order valence-corrected chi connectivity index (χ4v) is 1.48. The van der Waals surface area contributed by atoms with Crippen molar-refractivity contribution in [3.8, 4) is 5.75 Å². The van der Waals surface area contributed by atoms with Crippen LogP contribution in [0.4, 0.5) is 11.4 Å². The highest BCUT2D eigenvalue weighted by Crippen LogP contribution is 2.23. The Labute approximate surface area is 107 Å². The summed E-state index contributed by atoms with van der Waals surface area (Å²) in [6.07, 6.45) is 0. The van der Waals surface area contributed by atoms with E-state index in [2.05, 4.69) is 0 Å². The van der Waals surface area contributed by atoms with E-state index >= 15 is 0 Å². The minimum Gasteiger partial charge on any atom is -0.497 e. The van der Waals surface area contributed by atoms with Gasteiger partial charge in [-0.1, -0.05) is 18.2 Å². The molecule has 3 nitrogen and oxygen atoms in total. The third-order valence-electron chi connectivity index (χ3n) is 2.38. The van der Waals surface area contributed by atoms with E-state index in [4.69, 9.17) is 10.6 Å². The standard InChI is InChI=1S/C13H14N2O.ClH/c1-16-13-9-7-12(8-10-13)15(14)11-5-3-2-4-6-11;/h2-10H,14H2,1H3;1H. The third-order valence-corrected chi connectivity index (χ3v) is 2.38. The number of ether oxygens (including phenoxy) is 1. The van der Waals surface area contributed by atoms with Crippen LogP contribution in [0, 0.1) is 0 Å². The Morgan fingerprint density at radius 3 is 1.94 bits per heavy atom. The molecule has 90 valence electrons. The van der Waals surface area contributed by atoms with Gasteiger partial charge in [0.1, 0.15) is 5.75 Å². The Morgan fingerprint density at radius 1 is 0.882 bits per heavy atom. The number of methoxy groups -OCH3 is 1. The van der Waals surface area contributed by atoms with Crippen LogP contribution < -0.4 is 15.6 Å². The summed E-state index contributed by atoms with van der Waals surface area (Å²) >= 11 is 0. The fourth-order valence-electron chi connectivity index (χ4n) is 1.48. The molecule has 2 aromatic carbocycles. The second-order valence-corrected chi connectivity index (χ2v) is 3.40. The molecule has 0 unspecified atom stereocenters. The highest BCUT2D eigenvalue weighted by atomic mass is 35.5. The summed E-state index contributed by atoms with van der Waals surface area (Å²) in [5.41, 5.74) is 1.87. The Morgan fingerprint density at radius 2 is 1.41 bits per heavy atom. The maximum Gasteiger partial charge on any atom is 0.119 e. The van der Waals surface area contributed by atoms with Gasteiger partial charge in [-0.05, 0) is 36.4 Å². The fraction of sp³-hybridized carbons (Fsp3) is 0.0769. The zero-order valence-corrected chi connectivity index (χ0v) is 10.4. The predicted molar refractivity (Wildman–Crippen MR) is 73.0 cm³/mol. The molecule has 2 N–H and O–H groups in total. The molecule has 2 rings (SSSR count). The van der Waals surface area contributed by atoms with Crippen molar-refractivity contribution >= 4 is 23.8 Å². The van der Waals surface area contributed by atoms with E-state index in [9.17, 15) is 0 Å². The molecule has 0 saturated carbocycles. The van der Waals surface area contributed by atoms with E-state index in [-0.39, 0.29) is 12.4 Å². The first-order chi connectivity index (χ1) is 7.81. The van der Waals surface area contributed by atoms with Crippen molar-refractivity contribution in [3.05, 3.63) is 54.6 Å². The molecule has 0 fully saturated rings. The molecule has 4 heteroatoms. The number of rotatable bonds is 3. The normalized spacial score (nSPS) is 9.29. The largest absolute Gasteiger partial charge is 0.497 e. The topological polar surface area (TPSA) is 38.5 Å². The molecule has 0 aliphatic heterocycles. The molecule has 0 heterocycles. The van der Waals surface area contributed by atoms with Gasteiger partial charge in [-0.2, -0.15) is 0 Å². The van der Waals surface area contributed by atoms with Crippen LogP contribution in [0.5, 0.6) is 5.75 Å². The minimum absolute atomic E-state index is 0. The molecular formula is C13H15ClN2O. The Bertz CT molecular complexity index is 445. The summed E-state index contributed by atoms with van der Waals surface area (Å²) in [4.78, 5) is 0. The maximum atomic E-state index is 6.00. The number of nitrogens with zero attached hydrogens (tertiary/aromatic N) is 1. The SMILES string of the molecule is COc1ccc(N(N)c2ccccc2)cc1.Cl. The van der Waals surface area contributed by atoms with Crippen molar-refractivity contribution in [1.29, 1.82) is 0 Å². The van der Waals surface area contributed by atoms with Gasteiger partial charge in [0.2, 0.25) is 0 Å². The highest BCUT2D eigenvalue weighted by Gasteiger charge is 2.03. The molecule has 2 aromatic rings. The van der Waals surface area contributed by atoms with Crippen molar-refractivity contribution in [1.82, 2.24) is 0 Å². The first kappa shape index (κ1) is 13.4. The number of hydrogen-bond acceptors (Lipinski definition) is 3. The van der Waals surface area contributed by atoms with E-state index in [1.807, 2.05) is 54.6 Å². The third kappa shape index (κ3) is 3.12.